The highest BCUT2D eigenvalue weighted by Gasteiger charge is 2.33. The number of hydrogen-bond donors (Lipinski definition) is 1. The van der Waals surface area contributed by atoms with Crippen molar-refractivity contribution in [2.45, 2.75) is 11.1 Å². The molecule has 1 N–H and O–H groups in total. The van der Waals surface area contributed by atoms with Gasteiger partial charge in [0.1, 0.15) is 5.56 Å². The molecule has 2 aromatic carbocycles. The number of amides is 1. The first-order valence-electron chi connectivity index (χ1n) is 9.03. The van der Waals surface area contributed by atoms with E-state index in [4.69, 9.17) is 14.7 Å². The quantitative estimate of drug-likeness (QED) is 0.473. The first-order chi connectivity index (χ1) is 15.2. The molecule has 6 nitrogen and oxygen atoms in total. The van der Waals surface area contributed by atoms with E-state index in [-0.39, 0.29) is 17.4 Å². The summed E-state index contributed by atoms with van der Waals surface area (Å²) in [5, 5.41) is 11.6. The van der Waals surface area contributed by atoms with Crippen LogP contribution in [-0.2, 0) is 6.18 Å². The lowest BCUT2D eigenvalue weighted by Gasteiger charge is -2.15. The van der Waals surface area contributed by atoms with Gasteiger partial charge in [0, 0.05) is 22.8 Å². The summed E-state index contributed by atoms with van der Waals surface area (Å²) in [6.45, 7) is 0. The first-order valence-corrected chi connectivity index (χ1v) is 10.3. The van der Waals surface area contributed by atoms with Crippen molar-refractivity contribution < 1.29 is 27.4 Å². The van der Waals surface area contributed by atoms with Crippen molar-refractivity contribution in [2.24, 2.45) is 0 Å². The van der Waals surface area contributed by atoms with E-state index < -0.39 is 23.2 Å². The van der Waals surface area contributed by atoms with E-state index in [1.54, 1.807) is 18.2 Å². The standard InChI is InChI=1S/C22H16F3N3O3S/c1-30-19-8-13(11-26)6-7-18(19)31-21-17(9-14(12-27-21)22(23,24)25)20(29)28-15-4-3-5-16(10-15)32-2/h3-10,12H,1-2H3,(H,28,29). The largest absolute Gasteiger partial charge is 0.493 e. The zero-order valence-corrected chi connectivity index (χ0v) is 17.7. The Balaban J connectivity index is 2.01. The van der Waals surface area contributed by atoms with Crippen LogP contribution in [0, 0.1) is 11.3 Å². The smallest absolute Gasteiger partial charge is 0.417 e. The number of alkyl halides is 3. The second kappa shape index (κ2) is 9.62. The van der Waals surface area contributed by atoms with E-state index in [1.807, 2.05) is 18.4 Å². The number of thioether (sulfide) groups is 1. The number of ether oxygens (including phenoxy) is 2. The number of halogens is 3. The molecule has 32 heavy (non-hydrogen) atoms. The Morgan fingerprint density at radius 3 is 2.59 bits per heavy atom. The first kappa shape index (κ1) is 23.0. The van der Waals surface area contributed by atoms with E-state index in [2.05, 4.69) is 10.3 Å². The summed E-state index contributed by atoms with van der Waals surface area (Å²) in [5.74, 6) is -0.939. The molecule has 0 aliphatic carbocycles. The number of benzene rings is 2. The second-order valence-corrected chi connectivity index (χ2v) is 7.22. The van der Waals surface area contributed by atoms with Crippen molar-refractivity contribution in [2.75, 3.05) is 18.7 Å². The highest BCUT2D eigenvalue weighted by Crippen LogP contribution is 2.36. The maximum absolute atomic E-state index is 13.3. The van der Waals surface area contributed by atoms with Crippen LogP contribution >= 0.6 is 11.8 Å². The van der Waals surface area contributed by atoms with Crippen LogP contribution in [0.3, 0.4) is 0 Å². The number of rotatable bonds is 6. The molecule has 0 atom stereocenters. The number of nitriles is 1. The molecule has 3 rings (SSSR count). The van der Waals surface area contributed by atoms with Crippen LogP contribution in [0.2, 0.25) is 0 Å². The third-order valence-electron chi connectivity index (χ3n) is 4.25. The van der Waals surface area contributed by atoms with Gasteiger partial charge in [-0.05, 0) is 42.7 Å². The predicted molar refractivity (Wildman–Crippen MR) is 113 cm³/mol. The summed E-state index contributed by atoms with van der Waals surface area (Å²) in [4.78, 5) is 17.5. The molecule has 0 unspecified atom stereocenters. The lowest BCUT2D eigenvalue weighted by atomic mass is 10.1. The Morgan fingerprint density at radius 1 is 1.16 bits per heavy atom. The molecule has 1 aromatic heterocycles. The molecule has 0 bridgehead atoms. The van der Waals surface area contributed by atoms with Crippen molar-refractivity contribution >= 4 is 23.4 Å². The van der Waals surface area contributed by atoms with Gasteiger partial charge >= 0.3 is 6.18 Å². The van der Waals surface area contributed by atoms with Gasteiger partial charge in [0.15, 0.2) is 11.5 Å². The van der Waals surface area contributed by atoms with Gasteiger partial charge in [-0.3, -0.25) is 4.79 Å². The Hall–Kier alpha value is -3.71. The van der Waals surface area contributed by atoms with Crippen LogP contribution in [-0.4, -0.2) is 24.3 Å². The van der Waals surface area contributed by atoms with Gasteiger partial charge < -0.3 is 14.8 Å². The molecule has 1 heterocycles. The number of pyridine rings is 1. The number of methoxy groups -OCH3 is 1. The third-order valence-corrected chi connectivity index (χ3v) is 4.98. The summed E-state index contributed by atoms with van der Waals surface area (Å²) in [6.07, 6.45) is -2.27. The fourth-order valence-corrected chi connectivity index (χ4v) is 3.14. The van der Waals surface area contributed by atoms with Gasteiger partial charge in [-0.2, -0.15) is 18.4 Å². The van der Waals surface area contributed by atoms with Crippen LogP contribution in [0.15, 0.2) is 59.6 Å². The van der Waals surface area contributed by atoms with E-state index in [0.717, 1.165) is 4.90 Å². The van der Waals surface area contributed by atoms with Crippen LogP contribution in [0.5, 0.6) is 17.4 Å². The normalized spacial score (nSPS) is 10.9. The SMILES string of the molecule is COc1cc(C#N)ccc1Oc1ncc(C(F)(F)F)cc1C(=O)Nc1cccc(SC)c1. The van der Waals surface area contributed by atoms with E-state index in [1.165, 1.54) is 37.1 Å². The summed E-state index contributed by atoms with van der Waals surface area (Å²) < 4.78 is 50.6. The number of nitrogens with zero attached hydrogens (tertiary/aromatic N) is 2. The minimum absolute atomic E-state index is 0.0807. The highest BCUT2D eigenvalue weighted by atomic mass is 32.2. The zero-order chi connectivity index (χ0) is 23.3. The molecule has 3 aromatic rings. The molecule has 1 amide bonds. The second-order valence-electron chi connectivity index (χ2n) is 6.34. The highest BCUT2D eigenvalue weighted by molar-refractivity contribution is 7.98. The van der Waals surface area contributed by atoms with Gasteiger partial charge in [0.2, 0.25) is 5.88 Å². The molecular formula is C22H16F3N3O3S. The molecule has 0 radical (unpaired) electrons. The fraction of sp³-hybridized carbons (Fsp3) is 0.136. The van der Waals surface area contributed by atoms with Crippen molar-refractivity contribution in [3.63, 3.8) is 0 Å². The maximum atomic E-state index is 13.3. The monoisotopic (exact) mass is 459 g/mol. The number of anilines is 1. The Bertz CT molecular complexity index is 1190. The molecule has 0 spiro atoms. The van der Waals surface area contributed by atoms with E-state index >= 15 is 0 Å². The third kappa shape index (κ3) is 5.31. The topological polar surface area (TPSA) is 84.2 Å². The van der Waals surface area contributed by atoms with Gasteiger partial charge in [-0.15, -0.1) is 11.8 Å². The number of carbonyl (C=O) groups excluding carboxylic acids is 1. The van der Waals surface area contributed by atoms with E-state index in [0.29, 0.717) is 23.5 Å². The summed E-state index contributed by atoms with van der Waals surface area (Å²) in [6, 6.07) is 13.7. The molecular weight excluding hydrogens is 443 g/mol. The maximum Gasteiger partial charge on any atom is 0.417 e. The minimum atomic E-state index is -4.70. The molecule has 0 fully saturated rings. The van der Waals surface area contributed by atoms with Crippen LogP contribution in [0.1, 0.15) is 21.5 Å². The van der Waals surface area contributed by atoms with Gasteiger partial charge in [-0.1, -0.05) is 6.07 Å². The molecule has 0 aliphatic rings. The Kier molecular flexibility index (Phi) is 6.90. The van der Waals surface area contributed by atoms with Gasteiger partial charge in [0.05, 0.1) is 24.3 Å². The lowest BCUT2D eigenvalue weighted by molar-refractivity contribution is -0.137. The van der Waals surface area contributed by atoms with Crippen molar-refractivity contribution in [1.82, 2.24) is 4.98 Å². The molecule has 0 saturated heterocycles. The number of hydrogen-bond acceptors (Lipinski definition) is 6. The lowest BCUT2D eigenvalue weighted by Crippen LogP contribution is -2.16. The summed E-state index contributed by atoms with van der Waals surface area (Å²) in [7, 11) is 1.34. The average molecular weight is 459 g/mol. The van der Waals surface area contributed by atoms with Crippen LogP contribution in [0.25, 0.3) is 0 Å². The van der Waals surface area contributed by atoms with Crippen LogP contribution < -0.4 is 14.8 Å². The van der Waals surface area contributed by atoms with Crippen molar-refractivity contribution in [1.29, 1.82) is 5.26 Å². The zero-order valence-electron chi connectivity index (χ0n) is 16.9. The average Bonchev–Trinajstić information content (AvgIpc) is 2.78. The Labute approximate surface area is 186 Å². The summed E-state index contributed by atoms with van der Waals surface area (Å²) in [5.41, 5.74) is -0.817. The number of carbonyl (C=O) groups is 1. The summed E-state index contributed by atoms with van der Waals surface area (Å²) >= 11 is 1.45. The van der Waals surface area contributed by atoms with Crippen molar-refractivity contribution in [3.8, 4) is 23.4 Å². The van der Waals surface area contributed by atoms with Gasteiger partial charge in [0.25, 0.3) is 5.91 Å². The van der Waals surface area contributed by atoms with Crippen molar-refractivity contribution in [3.05, 3.63) is 71.4 Å². The Morgan fingerprint density at radius 2 is 1.94 bits per heavy atom. The van der Waals surface area contributed by atoms with Crippen LogP contribution in [0.4, 0.5) is 18.9 Å². The van der Waals surface area contributed by atoms with E-state index in [9.17, 15) is 18.0 Å². The minimum Gasteiger partial charge on any atom is -0.493 e. The predicted octanol–water partition coefficient (Wildman–Crippen LogP) is 5.75. The molecule has 10 heteroatoms. The number of nitrogens with one attached hydrogen (secondary N) is 1. The fourth-order valence-electron chi connectivity index (χ4n) is 2.68. The van der Waals surface area contributed by atoms with Gasteiger partial charge in [-0.25, -0.2) is 4.98 Å². The molecule has 164 valence electrons. The molecule has 0 saturated carbocycles. The molecule has 0 aliphatic heterocycles. The number of aromatic nitrogens is 1.